The summed E-state index contributed by atoms with van der Waals surface area (Å²) in [5, 5.41) is 1.19. The Balaban J connectivity index is 1.38. The highest BCUT2D eigenvalue weighted by atomic mass is 35.5. The van der Waals surface area contributed by atoms with Crippen LogP contribution in [0.4, 0.5) is 13.2 Å². The van der Waals surface area contributed by atoms with Gasteiger partial charge in [0.15, 0.2) is 5.79 Å². The number of imidazole rings is 1. The quantitative estimate of drug-likeness (QED) is 0.397. The van der Waals surface area contributed by atoms with E-state index in [9.17, 15) is 13.2 Å². The second kappa shape index (κ2) is 9.82. The summed E-state index contributed by atoms with van der Waals surface area (Å²) in [6, 6.07) is 10.1. The summed E-state index contributed by atoms with van der Waals surface area (Å²) in [6.45, 7) is 0.878. The summed E-state index contributed by atoms with van der Waals surface area (Å²) in [4.78, 5) is 8.00. The number of aromatic nitrogens is 3. The van der Waals surface area contributed by atoms with Crippen LogP contribution in [-0.2, 0) is 28.6 Å². The number of nitrogens with zero attached hydrogens (tertiary/aromatic N) is 3. The standard InChI is InChI=1S/C22H21ClF3N3O2S/c23-18-4-1-16(2-5-18)7-8-21(14-29-10-9-27-15-29)30-12-19(31-21)13-32-20-6-3-17(11-28-20)22(24,25)26/h1-6,9-11,15,19H,7-8,12-14H2/t19-,21+/m0/s1. The summed E-state index contributed by atoms with van der Waals surface area (Å²) in [6.07, 6.45) is 2.89. The van der Waals surface area contributed by atoms with Crippen LogP contribution in [0.2, 0.25) is 5.02 Å². The van der Waals surface area contributed by atoms with E-state index in [2.05, 4.69) is 9.97 Å². The lowest BCUT2D eigenvalue weighted by Gasteiger charge is -2.28. The van der Waals surface area contributed by atoms with E-state index < -0.39 is 17.5 Å². The third-order valence-electron chi connectivity index (χ3n) is 5.09. The molecular weight excluding hydrogens is 463 g/mol. The minimum atomic E-state index is -4.39. The van der Waals surface area contributed by atoms with E-state index in [-0.39, 0.29) is 6.10 Å². The number of rotatable bonds is 8. The lowest BCUT2D eigenvalue weighted by Crippen LogP contribution is -2.37. The van der Waals surface area contributed by atoms with Crippen molar-refractivity contribution in [2.45, 2.75) is 42.5 Å². The zero-order valence-corrected chi connectivity index (χ0v) is 18.5. The number of ether oxygens (including phenoxy) is 2. The highest BCUT2D eigenvalue weighted by molar-refractivity contribution is 7.99. The van der Waals surface area contributed by atoms with E-state index in [1.807, 2.05) is 35.0 Å². The molecule has 0 spiro atoms. The van der Waals surface area contributed by atoms with Crippen LogP contribution in [0.15, 0.2) is 66.3 Å². The molecule has 10 heteroatoms. The first-order valence-corrected chi connectivity index (χ1v) is 11.4. The molecule has 0 aliphatic carbocycles. The minimum absolute atomic E-state index is 0.210. The average molecular weight is 484 g/mol. The Bertz CT molecular complexity index is 1000. The van der Waals surface area contributed by atoms with Crippen LogP contribution in [0.3, 0.4) is 0 Å². The van der Waals surface area contributed by atoms with Gasteiger partial charge in [0.2, 0.25) is 0 Å². The Kier molecular flexibility index (Phi) is 7.09. The predicted molar refractivity (Wildman–Crippen MR) is 116 cm³/mol. The molecule has 2 atom stereocenters. The van der Waals surface area contributed by atoms with Gasteiger partial charge < -0.3 is 14.0 Å². The topological polar surface area (TPSA) is 49.2 Å². The molecule has 2 aromatic heterocycles. The number of hydrogen-bond donors (Lipinski definition) is 0. The van der Waals surface area contributed by atoms with Crippen LogP contribution >= 0.6 is 23.4 Å². The molecule has 170 valence electrons. The first-order chi connectivity index (χ1) is 15.3. The number of hydrogen-bond acceptors (Lipinski definition) is 5. The molecule has 0 amide bonds. The maximum atomic E-state index is 12.7. The minimum Gasteiger partial charge on any atom is -0.345 e. The van der Waals surface area contributed by atoms with Gasteiger partial charge in [0.1, 0.15) is 0 Å². The Morgan fingerprint density at radius 1 is 1.19 bits per heavy atom. The van der Waals surface area contributed by atoms with Gasteiger partial charge >= 0.3 is 6.18 Å². The second-order valence-electron chi connectivity index (χ2n) is 7.52. The normalized spacial score (nSPS) is 21.2. The molecule has 0 N–H and O–H groups in total. The molecule has 0 unspecified atom stereocenters. The zero-order chi connectivity index (χ0) is 22.6. The summed E-state index contributed by atoms with van der Waals surface area (Å²) < 4.78 is 52.5. The van der Waals surface area contributed by atoms with E-state index in [1.165, 1.54) is 17.8 Å². The fourth-order valence-electron chi connectivity index (χ4n) is 3.45. The molecule has 1 saturated heterocycles. The Hall–Kier alpha value is -2.07. The van der Waals surface area contributed by atoms with E-state index in [0.29, 0.717) is 35.4 Å². The number of alkyl halides is 3. The fourth-order valence-corrected chi connectivity index (χ4v) is 4.39. The van der Waals surface area contributed by atoms with Crippen molar-refractivity contribution in [2.75, 3.05) is 12.4 Å². The fraction of sp³-hybridized carbons (Fsp3) is 0.364. The molecule has 1 fully saturated rings. The van der Waals surface area contributed by atoms with Gasteiger partial charge in [0, 0.05) is 35.8 Å². The number of aryl methyl sites for hydroxylation is 1. The number of halogens is 4. The smallest absolute Gasteiger partial charge is 0.345 e. The van der Waals surface area contributed by atoms with Gasteiger partial charge in [-0.2, -0.15) is 13.2 Å². The van der Waals surface area contributed by atoms with Gasteiger partial charge in [-0.15, -0.1) is 11.8 Å². The summed E-state index contributed by atoms with van der Waals surface area (Å²) in [5.74, 6) is -0.301. The van der Waals surface area contributed by atoms with Crippen molar-refractivity contribution in [1.82, 2.24) is 14.5 Å². The van der Waals surface area contributed by atoms with E-state index >= 15 is 0 Å². The predicted octanol–water partition coefficient (Wildman–Crippen LogP) is 5.49. The van der Waals surface area contributed by atoms with Crippen molar-refractivity contribution in [3.8, 4) is 0 Å². The van der Waals surface area contributed by atoms with E-state index in [1.54, 1.807) is 12.5 Å². The average Bonchev–Trinajstić information content (AvgIpc) is 3.42. The van der Waals surface area contributed by atoms with Crippen molar-refractivity contribution in [3.05, 3.63) is 77.5 Å². The first-order valence-electron chi connectivity index (χ1n) is 9.99. The van der Waals surface area contributed by atoms with Gasteiger partial charge in [-0.1, -0.05) is 23.7 Å². The third-order valence-corrected chi connectivity index (χ3v) is 6.41. The SMILES string of the molecule is FC(F)(F)c1ccc(SC[C@@H]2CO[C@@](CCc3ccc(Cl)cc3)(Cn3ccnc3)O2)nc1. The Labute approximate surface area is 192 Å². The van der Waals surface area contributed by atoms with Crippen LogP contribution in [0.25, 0.3) is 0 Å². The maximum Gasteiger partial charge on any atom is 0.417 e. The van der Waals surface area contributed by atoms with E-state index in [4.69, 9.17) is 21.1 Å². The van der Waals surface area contributed by atoms with Gasteiger partial charge in [-0.25, -0.2) is 9.97 Å². The first kappa shape index (κ1) is 23.1. The second-order valence-corrected chi connectivity index (χ2v) is 8.99. The molecule has 4 rings (SSSR count). The van der Waals surface area contributed by atoms with Crippen molar-refractivity contribution in [3.63, 3.8) is 0 Å². The third kappa shape index (κ3) is 6.04. The van der Waals surface area contributed by atoms with Crippen molar-refractivity contribution < 1.29 is 22.6 Å². The van der Waals surface area contributed by atoms with Crippen LogP contribution in [0.1, 0.15) is 17.5 Å². The molecular formula is C22H21ClF3N3O2S. The summed E-state index contributed by atoms with van der Waals surface area (Å²) >= 11 is 7.32. The number of benzene rings is 1. The molecule has 1 aliphatic rings. The molecule has 3 aromatic rings. The molecule has 0 radical (unpaired) electrons. The molecule has 0 saturated carbocycles. The number of pyridine rings is 1. The Morgan fingerprint density at radius 3 is 2.66 bits per heavy atom. The van der Waals surface area contributed by atoms with Crippen LogP contribution in [0, 0.1) is 0 Å². The van der Waals surface area contributed by atoms with Crippen molar-refractivity contribution in [2.24, 2.45) is 0 Å². The monoisotopic (exact) mass is 483 g/mol. The molecule has 5 nitrogen and oxygen atoms in total. The van der Waals surface area contributed by atoms with Crippen LogP contribution < -0.4 is 0 Å². The van der Waals surface area contributed by atoms with Gasteiger partial charge in [0.05, 0.1) is 36.2 Å². The highest BCUT2D eigenvalue weighted by Crippen LogP contribution is 2.34. The highest BCUT2D eigenvalue weighted by Gasteiger charge is 2.41. The maximum absolute atomic E-state index is 12.7. The van der Waals surface area contributed by atoms with Crippen molar-refractivity contribution >= 4 is 23.4 Å². The Morgan fingerprint density at radius 2 is 2.00 bits per heavy atom. The molecule has 3 heterocycles. The molecule has 1 aliphatic heterocycles. The van der Waals surface area contributed by atoms with Crippen LogP contribution in [-0.4, -0.2) is 38.8 Å². The largest absolute Gasteiger partial charge is 0.417 e. The van der Waals surface area contributed by atoms with E-state index in [0.717, 1.165) is 24.2 Å². The van der Waals surface area contributed by atoms with Crippen LogP contribution in [0.5, 0.6) is 0 Å². The van der Waals surface area contributed by atoms with Gasteiger partial charge in [-0.3, -0.25) is 0 Å². The summed E-state index contributed by atoms with van der Waals surface area (Å²) in [7, 11) is 0. The summed E-state index contributed by atoms with van der Waals surface area (Å²) in [5.41, 5.74) is 0.363. The zero-order valence-electron chi connectivity index (χ0n) is 17.0. The lowest BCUT2D eigenvalue weighted by atomic mass is 10.0. The molecule has 1 aromatic carbocycles. The molecule has 32 heavy (non-hydrogen) atoms. The lowest BCUT2D eigenvalue weighted by molar-refractivity contribution is -0.180. The van der Waals surface area contributed by atoms with Gasteiger partial charge in [0.25, 0.3) is 0 Å². The van der Waals surface area contributed by atoms with Crippen molar-refractivity contribution in [1.29, 1.82) is 0 Å². The molecule has 0 bridgehead atoms. The van der Waals surface area contributed by atoms with Gasteiger partial charge in [-0.05, 0) is 36.2 Å². The number of thioether (sulfide) groups is 1.